The highest BCUT2D eigenvalue weighted by Crippen LogP contribution is 2.29. The summed E-state index contributed by atoms with van der Waals surface area (Å²) in [4.78, 5) is 26.4. The second-order valence-electron chi connectivity index (χ2n) is 7.04. The van der Waals surface area contributed by atoms with Crippen molar-refractivity contribution in [3.05, 3.63) is 69.9 Å². The number of carbonyl (C=O) groups is 2. The molecular weight excluding hydrogens is 442 g/mol. The van der Waals surface area contributed by atoms with Crippen LogP contribution in [-0.4, -0.2) is 33.2 Å². The van der Waals surface area contributed by atoms with Crippen LogP contribution in [0, 0.1) is 23.0 Å². The second kappa shape index (κ2) is 8.28. The smallest absolute Gasteiger partial charge is 0.322 e. The number of nitrogens with one attached hydrogen (secondary N) is 1. The van der Waals surface area contributed by atoms with E-state index in [1.807, 2.05) is 6.07 Å². The number of hydrogen-bond donors (Lipinski definition) is 2. The number of amides is 3. The lowest BCUT2D eigenvalue weighted by Gasteiger charge is -2.28. The third kappa shape index (κ3) is 3.86. The molecule has 162 valence electrons. The van der Waals surface area contributed by atoms with Crippen LogP contribution in [0.2, 0.25) is 5.02 Å². The van der Waals surface area contributed by atoms with E-state index in [-0.39, 0.29) is 47.0 Å². The fraction of sp³-hybridized carbons (Fsp3) is 0.143. The standard InChI is InChI=1S/C21H15ClF2N6O2/c22-14-8-13(3-1-12(14)9-25)27-21(32)29-5-6-30-17(10-29)18(20(26)31)19(28-30)11-2-4-15(23)16(24)7-11/h1-4,7-8H,5-6,10H2,(H2,26,31)(H,27,32). The first-order chi connectivity index (χ1) is 15.3. The number of aromatic nitrogens is 2. The fourth-order valence-corrected chi connectivity index (χ4v) is 3.70. The van der Waals surface area contributed by atoms with Crippen molar-refractivity contribution in [2.45, 2.75) is 13.1 Å². The molecule has 4 rings (SSSR count). The Balaban J connectivity index is 1.61. The van der Waals surface area contributed by atoms with E-state index in [9.17, 15) is 18.4 Å². The number of fused-ring (bicyclic) bond motifs is 1. The molecule has 1 aromatic heterocycles. The molecule has 8 nitrogen and oxygen atoms in total. The van der Waals surface area contributed by atoms with Gasteiger partial charge in [-0.05, 0) is 36.4 Å². The number of halogens is 3. The summed E-state index contributed by atoms with van der Waals surface area (Å²) in [6.07, 6.45) is 0. The van der Waals surface area contributed by atoms with E-state index in [4.69, 9.17) is 22.6 Å². The SMILES string of the molecule is N#Cc1ccc(NC(=O)N2CCn3nc(-c4ccc(F)c(F)c4)c(C(N)=O)c3C2)cc1Cl. The molecule has 2 heterocycles. The number of nitriles is 1. The zero-order chi connectivity index (χ0) is 23.0. The molecule has 0 unspecified atom stereocenters. The van der Waals surface area contributed by atoms with Gasteiger partial charge in [-0.25, -0.2) is 13.6 Å². The van der Waals surface area contributed by atoms with Crippen molar-refractivity contribution in [1.29, 1.82) is 5.26 Å². The molecule has 0 radical (unpaired) electrons. The van der Waals surface area contributed by atoms with E-state index in [1.54, 1.807) is 6.07 Å². The van der Waals surface area contributed by atoms with E-state index in [0.717, 1.165) is 12.1 Å². The van der Waals surface area contributed by atoms with Crippen LogP contribution in [0.5, 0.6) is 0 Å². The molecule has 0 saturated heterocycles. The van der Waals surface area contributed by atoms with Crippen molar-refractivity contribution < 1.29 is 18.4 Å². The minimum Gasteiger partial charge on any atom is -0.365 e. The highest BCUT2D eigenvalue weighted by molar-refractivity contribution is 6.32. The maximum Gasteiger partial charge on any atom is 0.322 e. The Morgan fingerprint density at radius 2 is 1.94 bits per heavy atom. The van der Waals surface area contributed by atoms with Gasteiger partial charge in [0.2, 0.25) is 0 Å². The zero-order valence-corrected chi connectivity index (χ0v) is 17.2. The third-order valence-corrected chi connectivity index (χ3v) is 5.36. The van der Waals surface area contributed by atoms with Gasteiger partial charge in [-0.1, -0.05) is 11.6 Å². The van der Waals surface area contributed by atoms with Gasteiger partial charge in [-0.3, -0.25) is 9.48 Å². The van der Waals surface area contributed by atoms with Gasteiger partial charge in [0.05, 0.1) is 34.9 Å². The zero-order valence-electron chi connectivity index (χ0n) is 16.4. The van der Waals surface area contributed by atoms with Crippen molar-refractivity contribution in [3.63, 3.8) is 0 Å². The molecule has 2 aromatic carbocycles. The van der Waals surface area contributed by atoms with Gasteiger partial charge in [0.1, 0.15) is 11.8 Å². The van der Waals surface area contributed by atoms with E-state index in [2.05, 4.69) is 10.4 Å². The lowest BCUT2D eigenvalue weighted by molar-refractivity contribution is 0.0997. The Morgan fingerprint density at radius 3 is 2.59 bits per heavy atom. The minimum absolute atomic E-state index is 0.0186. The number of anilines is 1. The van der Waals surface area contributed by atoms with Gasteiger partial charge >= 0.3 is 6.03 Å². The third-order valence-electron chi connectivity index (χ3n) is 5.05. The predicted molar refractivity (Wildman–Crippen MR) is 112 cm³/mol. The van der Waals surface area contributed by atoms with E-state index in [1.165, 1.54) is 27.8 Å². The molecule has 3 N–H and O–H groups in total. The number of hydrogen-bond acceptors (Lipinski definition) is 4. The molecule has 0 atom stereocenters. The van der Waals surface area contributed by atoms with Crippen molar-refractivity contribution in [2.75, 3.05) is 11.9 Å². The normalized spacial score (nSPS) is 12.8. The summed E-state index contributed by atoms with van der Waals surface area (Å²) in [5.74, 6) is -2.90. The average molecular weight is 457 g/mol. The Kier molecular flexibility index (Phi) is 5.50. The predicted octanol–water partition coefficient (Wildman–Crippen LogP) is 3.50. The molecule has 0 aliphatic carbocycles. The van der Waals surface area contributed by atoms with Gasteiger partial charge < -0.3 is 16.0 Å². The Hall–Kier alpha value is -3.97. The van der Waals surface area contributed by atoms with E-state index >= 15 is 0 Å². The van der Waals surface area contributed by atoms with Crippen LogP contribution in [0.1, 0.15) is 21.6 Å². The number of primary amides is 1. The van der Waals surface area contributed by atoms with Crippen LogP contribution >= 0.6 is 11.6 Å². The first-order valence-corrected chi connectivity index (χ1v) is 9.76. The number of benzene rings is 2. The summed E-state index contributed by atoms with van der Waals surface area (Å²) < 4.78 is 28.6. The molecule has 0 fully saturated rings. The van der Waals surface area contributed by atoms with Gasteiger partial charge in [0.15, 0.2) is 11.6 Å². The van der Waals surface area contributed by atoms with Crippen molar-refractivity contribution in [2.24, 2.45) is 5.73 Å². The summed E-state index contributed by atoms with van der Waals surface area (Å²) in [7, 11) is 0. The number of urea groups is 1. The summed E-state index contributed by atoms with van der Waals surface area (Å²) in [5, 5.41) is 16.2. The number of rotatable bonds is 3. The minimum atomic E-state index is -1.08. The Labute approximate surface area is 185 Å². The van der Waals surface area contributed by atoms with Gasteiger partial charge in [0.25, 0.3) is 5.91 Å². The highest BCUT2D eigenvalue weighted by atomic mass is 35.5. The topological polar surface area (TPSA) is 117 Å². The largest absolute Gasteiger partial charge is 0.365 e. The summed E-state index contributed by atoms with van der Waals surface area (Å²) in [5.41, 5.74) is 6.97. The molecule has 0 spiro atoms. The number of nitrogens with two attached hydrogens (primary N) is 1. The quantitative estimate of drug-likeness (QED) is 0.627. The summed E-state index contributed by atoms with van der Waals surface area (Å²) in [6, 6.07) is 9.16. The molecule has 0 bridgehead atoms. The monoisotopic (exact) mass is 456 g/mol. The van der Waals surface area contributed by atoms with E-state index < -0.39 is 23.6 Å². The first-order valence-electron chi connectivity index (χ1n) is 9.39. The molecule has 3 aromatic rings. The number of nitrogens with zero attached hydrogens (tertiary/aromatic N) is 4. The van der Waals surface area contributed by atoms with Crippen molar-refractivity contribution >= 4 is 29.2 Å². The molecule has 1 aliphatic rings. The van der Waals surface area contributed by atoms with Crippen LogP contribution in [0.15, 0.2) is 36.4 Å². The van der Waals surface area contributed by atoms with Crippen LogP contribution in [0.25, 0.3) is 11.3 Å². The number of carbonyl (C=O) groups excluding carboxylic acids is 2. The van der Waals surface area contributed by atoms with Crippen molar-refractivity contribution in [1.82, 2.24) is 14.7 Å². The second-order valence-corrected chi connectivity index (χ2v) is 7.45. The Morgan fingerprint density at radius 1 is 1.16 bits per heavy atom. The molecule has 11 heteroatoms. The van der Waals surface area contributed by atoms with Gasteiger partial charge in [-0.2, -0.15) is 10.4 Å². The van der Waals surface area contributed by atoms with Gasteiger partial charge in [0, 0.05) is 17.8 Å². The lowest BCUT2D eigenvalue weighted by Crippen LogP contribution is -2.41. The van der Waals surface area contributed by atoms with Crippen molar-refractivity contribution in [3.8, 4) is 17.3 Å². The molecule has 0 saturated carbocycles. The van der Waals surface area contributed by atoms with Crippen LogP contribution in [-0.2, 0) is 13.1 Å². The van der Waals surface area contributed by atoms with Gasteiger partial charge in [-0.15, -0.1) is 0 Å². The molecular formula is C21H15ClF2N6O2. The van der Waals surface area contributed by atoms with E-state index in [0.29, 0.717) is 11.4 Å². The maximum absolute atomic E-state index is 13.7. The summed E-state index contributed by atoms with van der Waals surface area (Å²) >= 11 is 6.00. The first kappa shape index (κ1) is 21.3. The fourth-order valence-electron chi connectivity index (χ4n) is 3.48. The maximum atomic E-state index is 13.7. The van der Waals surface area contributed by atoms with Crippen LogP contribution in [0.3, 0.4) is 0 Å². The molecule has 3 amide bonds. The lowest BCUT2D eigenvalue weighted by atomic mass is 10.0. The summed E-state index contributed by atoms with van der Waals surface area (Å²) in [6.45, 7) is 0.561. The molecule has 1 aliphatic heterocycles. The van der Waals surface area contributed by atoms with Crippen LogP contribution in [0.4, 0.5) is 19.3 Å². The van der Waals surface area contributed by atoms with Crippen LogP contribution < -0.4 is 11.1 Å². The molecule has 32 heavy (non-hydrogen) atoms. The Bertz CT molecular complexity index is 1300. The average Bonchev–Trinajstić information content (AvgIpc) is 3.14. The highest BCUT2D eigenvalue weighted by Gasteiger charge is 2.30.